The third kappa shape index (κ3) is 6.16. The van der Waals surface area contributed by atoms with Gasteiger partial charge in [-0.3, -0.25) is 14.4 Å². The Hall–Kier alpha value is -2.94. The van der Waals surface area contributed by atoms with Crippen LogP contribution in [-0.4, -0.2) is 35.2 Å². The van der Waals surface area contributed by atoms with Crippen LogP contribution in [0, 0.1) is 11.8 Å². The Morgan fingerprint density at radius 3 is 2.43 bits per heavy atom. The summed E-state index contributed by atoms with van der Waals surface area (Å²) in [6.07, 6.45) is -1.07. The van der Waals surface area contributed by atoms with Crippen LogP contribution in [0.15, 0.2) is 30.2 Å². The molecule has 0 unspecified atom stereocenters. The zero-order chi connectivity index (χ0) is 20.0. The number of rotatable bonds is 6. The first-order valence-electron chi connectivity index (χ1n) is 8.09. The molecule has 1 aromatic carbocycles. The molecule has 1 aromatic rings. The molecular weight excluding hydrogens is 276 g/mol. The van der Waals surface area contributed by atoms with Crippen molar-refractivity contribution in [1.29, 1.82) is 0 Å². The third-order valence-electron chi connectivity index (χ3n) is 2.00. The number of hydrogen-bond donors (Lipinski definition) is 1. The average Bonchev–Trinajstić information content (AvgIpc) is 2.59. The monoisotopic (exact) mass is 293 g/mol. The SMILES string of the molecule is [2H]c1c([2H])c([2H])c(C(=O)C#CCOC(=O)C(=O)CCC(=O)O)c([2H])c1[2H]. The van der Waals surface area contributed by atoms with Gasteiger partial charge in [-0.15, -0.1) is 0 Å². The molecule has 0 radical (unpaired) electrons. The fourth-order valence-electron chi connectivity index (χ4n) is 1.05. The number of ether oxygens (including phenoxy) is 1. The topological polar surface area (TPSA) is 97.7 Å². The molecule has 0 aromatic heterocycles. The molecule has 0 aliphatic rings. The van der Waals surface area contributed by atoms with Crippen LogP contribution in [0.25, 0.3) is 0 Å². The van der Waals surface area contributed by atoms with Gasteiger partial charge in [-0.2, -0.15) is 0 Å². The summed E-state index contributed by atoms with van der Waals surface area (Å²) in [6, 6.07) is -3.45. The largest absolute Gasteiger partial charge is 0.481 e. The number of carbonyl (C=O) groups is 4. The van der Waals surface area contributed by atoms with E-state index in [1.165, 1.54) is 0 Å². The van der Waals surface area contributed by atoms with Crippen LogP contribution in [0.4, 0.5) is 0 Å². The maximum atomic E-state index is 11.9. The van der Waals surface area contributed by atoms with Gasteiger partial charge in [-0.25, -0.2) is 4.79 Å². The van der Waals surface area contributed by atoms with Crippen molar-refractivity contribution in [1.82, 2.24) is 0 Å². The van der Waals surface area contributed by atoms with E-state index in [1.54, 1.807) is 0 Å². The van der Waals surface area contributed by atoms with E-state index in [1.807, 2.05) is 5.92 Å². The van der Waals surface area contributed by atoms with E-state index in [9.17, 15) is 19.2 Å². The quantitative estimate of drug-likeness (QED) is 0.274. The van der Waals surface area contributed by atoms with Crippen LogP contribution in [0.1, 0.15) is 30.1 Å². The molecular formula is C15H12O6. The Labute approximate surface area is 127 Å². The molecule has 0 bridgehead atoms. The summed E-state index contributed by atoms with van der Waals surface area (Å²) in [4.78, 5) is 44.7. The molecule has 21 heavy (non-hydrogen) atoms. The van der Waals surface area contributed by atoms with Crippen molar-refractivity contribution < 1.29 is 35.9 Å². The molecule has 0 atom stereocenters. The van der Waals surface area contributed by atoms with E-state index in [0.717, 1.165) is 0 Å². The number of aliphatic carboxylic acids is 1. The highest BCUT2D eigenvalue weighted by molar-refractivity contribution is 6.33. The van der Waals surface area contributed by atoms with E-state index in [-0.39, 0.29) is 0 Å². The fourth-order valence-corrected chi connectivity index (χ4v) is 1.05. The van der Waals surface area contributed by atoms with E-state index >= 15 is 0 Å². The normalized spacial score (nSPS) is 12.5. The van der Waals surface area contributed by atoms with Crippen molar-refractivity contribution in [2.75, 3.05) is 6.61 Å². The third-order valence-corrected chi connectivity index (χ3v) is 2.00. The van der Waals surface area contributed by atoms with Gasteiger partial charge in [0, 0.05) is 12.0 Å². The van der Waals surface area contributed by atoms with E-state index in [4.69, 9.17) is 12.0 Å². The highest BCUT2D eigenvalue weighted by Gasteiger charge is 2.15. The number of carboxylic acids is 1. The Morgan fingerprint density at radius 2 is 1.81 bits per heavy atom. The molecule has 0 aliphatic carbocycles. The maximum Gasteiger partial charge on any atom is 0.375 e. The summed E-state index contributed by atoms with van der Waals surface area (Å²) >= 11 is 0. The van der Waals surface area contributed by atoms with Crippen molar-refractivity contribution in [3.63, 3.8) is 0 Å². The molecule has 6 heteroatoms. The zero-order valence-electron chi connectivity index (χ0n) is 15.6. The Bertz CT molecular complexity index is 823. The molecule has 0 saturated carbocycles. The summed E-state index contributed by atoms with van der Waals surface area (Å²) in [5, 5.41) is 8.40. The van der Waals surface area contributed by atoms with Crippen LogP contribution in [0.3, 0.4) is 0 Å². The number of ketones is 2. The van der Waals surface area contributed by atoms with Gasteiger partial charge in [0.25, 0.3) is 0 Å². The summed E-state index contributed by atoms with van der Waals surface area (Å²) < 4.78 is 42.0. The second-order valence-electron chi connectivity index (χ2n) is 3.52. The van der Waals surface area contributed by atoms with Crippen molar-refractivity contribution in [2.24, 2.45) is 0 Å². The number of hydrogen-bond acceptors (Lipinski definition) is 5. The van der Waals surface area contributed by atoms with Gasteiger partial charge in [0.05, 0.1) is 13.3 Å². The minimum absolute atomic E-state index is 0.534. The number of carboxylic acid groups (broad SMARTS) is 1. The van der Waals surface area contributed by atoms with E-state index in [0.29, 0.717) is 0 Å². The number of esters is 1. The van der Waals surface area contributed by atoms with Crippen LogP contribution in [-0.2, 0) is 19.1 Å². The van der Waals surface area contributed by atoms with E-state index in [2.05, 4.69) is 10.7 Å². The van der Waals surface area contributed by atoms with Gasteiger partial charge in [0.2, 0.25) is 11.6 Å². The number of benzene rings is 1. The van der Waals surface area contributed by atoms with E-state index < -0.39 is 78.7 Å². The van der Waals surface area contributed by atoms with Crippen LogP contribution in [0.2, 0.25) is 0 Å². The fraction of sp³-hybridized carbons (Fsp3) is 0.200. The number of Topliss-reactive ketones (excluding diaryl/α,β-unsaturated/α-hetero) is 2. The summed E-state index contributed by atoms with van der Waals surface area (Å²) in [5.74, 6) is -0.647. The Morgan fingerprint density at radius 1 is 1.14 bits per heavy atom. The molecule has 0 fully saturated rings. The van der Waals surface area contributed by atoms with Crippen molar-refractivity contribution >= 4 is 23.5 Å². The molecule has 6 nitrogen and oxygen atoms in total. The summed E-state index contributed by atoms with van der Waals surface area (Å²) in [7, 11) is 0. The Balaban J connectivity index is 2.79. The highest BCUT2D eigenvalue weighted by atomic mass is 16.5. The average molecular weight is 293 g/mol. The predicted molar refractivity (Wildman–Crippen MR) is 71.4 cm³/mol. The zero-order valence-corrected chi connectivity index (χ0v) is 10.6. The van der Waals surface area contributed by atoms with Crippen LogP contribution < -0.4 is 0 Å². The first kappa shape index (κ1) is 9.88. The summed E-state index contributed by atoms with van der Waals surface area (Å²) in [5.41, 5.74) is -0.618. The van der Waals surface area contributed by atoms with Gasteiger partial charge in [0.15, 0.2) is 6.61 Å². The Kier molecular flexibility index (Phi) is 3.89. The lowest BCUT2D eigenvalue weighted by Crippen LogP contribution is -2.18. The molecule has 0 spiro atoms. The van der Waals surface area contributed by atoms with Gasteiger partial charge in [-0.05, 0) is 5.92 Å². The maximum absolute atomic E-state index is 11.9. The van der Waals surface area contributed by atoms with Gasteiger partial charge in [-0.1, -0.05) is 36.1 Å². The van der Waals surface area contributed by atoms with Crippen molar-refractivity contribution in [3.8, 4) is 11.8 Å². The molecule has 108 valence electrons. The summed E-state index contributed by atoms with van der Waals surface area (Å²) in [6.45, 7) is -0.665. The molecule has 1 N–H and O–H groups in total. The molecule has 1 rings (SSSR count). The second-order valence-corrected chi connectivity index (χ2v) is 3.52. The lowest BCUT2D eigenvalue weighted by atomic mass is 10.1. The lowest BCUT2D eigenvalue weighted by Gasteiger charge is -1.98. The standard InChI is InChI=1S/C15H12O6/c16-12(11-5-2-1-3-6-11)7-4-10-21-15(20)13(17)8-9-14(18)19/h1-3,5-6H,8-10H2,(H,18,19)/i1D,2D,3D,5D,6D. The molecule has 0 amide bonds. The van der Waals surface area contributed by atoms with Crippen LogP contribution in [0.5, 0.6) is 0 Å². The van der Waals surface area contributed by atoms with Crippen molar-refractivity contribution in [2.45, 2.75) is 12.8 Å². The first-order chi connectivity index (χ1) is 12.1. The van der Waals surface area contributed by atoms with Crippen molar-refractivity contribution in [3.05, 3.63) is 35.8 Å². The minimum Gasteiger partial charge on any atom is -0.481 e. The minimum atomic E-state index is -1.31. The van der Waals surface area contributed by atoms with Gasteiger partial charge < -0.3 is 9.84 Å². The highest BCUT2D eigenvalue weighted by Crippen LogP contribution is 1.98. The first-order valence-corrected chi connectivity index (χ1v) is 5.59. The van der Waals surface area contributed by atoms with Crippen LogP contribution >= 0.6 is 0 Å². The van der Waals surface area contributed by atoms with Gasteiger partial charge in [0.1, 0.15) is 0 Å². The predicted octanol–water partition coefficient (Wildman–Crippen LogP) is 0.850. The molecule has 0 aliphatic heterocycles. The second kappa shape index (κ2) is 8.27. The number of carbonyl (C=O) groups excluding carboxylic acids is 3. The molecule has 0 saturated heterocycles. The lowest BCUT2D eigenvalue weighted by molar-refractivity contribution is -0.153. The molecule has 0 heterocycles. The smallest absolute Gasteiger partial charge is 0.375 e. The van der Waals surface area contributed by atoms with Gasteiger partial charge >= 0.3 is 11.9 Å².